The van der Waals surface area contributed by atoms with Gasteiger partial charge in [-0.25, -0.2) is 0 Å². The van der Waals surface area contributed by atoms with Crippen molar-refractivity contribution in [3.8, 4) is 5.75 Å². The molecule has 1 atom stereocenters. The van der Waals surface area contributed by atoms with Gasteiger partial charge in [0, 0.05) is 16.5 Å². The highest BCUT2D eigenvalue weighted by molar-refractivity contribution is 7.14. The van der Waals surface area contributed by atoms with Gasteiger partial charge >= 0.3 is 5.69 Å². The maximum Gasteiger partial charge on any atom is 0.311 e. The van der Waals surface area contributed by atoms with Crippen LogP contribution in [0.15, 0.2) is 24.3 Å². The molecule has 0 bridgehead atoms. The molecule has 1 aromatic heterocycles. The van der Waals surface area contributed by atoms with E-state index in [0.717, 1.165) is 25.3 Å². The third kappa shape index (κ3) is 4.30. The average molecular weight is 403 g/mol. The minimum atomic E-state index is -0.644. The van der Waals surface area contributed by atoms with E-state index in [1.54, 1.807) is 6.92 Å². The molecule has 9 heteroatoms. The molecule has 1 aliphatic rings. The molecule has 0 saturated carbocycles. The van der Waals surface area contributed by atoms with Crippen molar-refractivity contribution in [2.45, 2.75) is 33.1 Å². The molecule has 0 radical (unpaired) electrons. The number of nitrogens with zero attached hydrogens (tertiary/aromatic N) is 1. The summed E-state index contributed by atoms with van der Waals surface area (Å²) in [6.07, 6.45) is 3.04. The summed E-state index contributed by atoms with van der Waals surface area (Å²) in [7, 11) is 0. The van der Waals surface area contributed by atoms with Gasteiger partial charge in [-0.2, -0.15) is 0 Å². The highest BCUT2D eigenvalue weighted by Gasteiger charge is 2.22. The molecule has 0 fully saturated rings. The van der Waals surface area contributed by atoms with Gasteiger partial charge in [0.05, 0.1) is 16.4 Å². The van der Waals surface area contributed by atoms with Crippen LogP contribution in [0.3, 0.4) is 0 Å². The van der Waals surface area contributed by atoms with Crippen molar-refractivity contribution in [3.63, 3.8) is 0 Å². The number of nitrogens with one attached hydrogen (secondary N) is 2. The van der Waals surface area contributed by atoms with E-state index >= 15 is 0 Å². The zero-order valence-corrected chi connectivity index (χ0v) is 16.4. The second-order valence-electron chi connectivity index (χ2n) is 6.69. The summed E-state index contributed by atoms with van der Waals surface area (Å²) >= 11 is 1.44. The molecule has 28 heavy (non-hydrogen) atoms. The minimum Gasteiger partial charge on any atom is -0.487 e. The Balaban J connectivity index is 1.66. The van der Waals surface area contributed by atoms with Gasteiger partial charge in [-0.05, 0) is 55.9 Å². The first-order valence-electron chi connectivity index (χ1n) is 9.02. The number of nitro groups is 1. The Morgan fingerprint density at radius 3 is 2.75 bits per heavy atom. The number of amides is 2. The Labute approximate surface area is 166 Å². The van der Waals surface area contributed by atoms with Gasteiger partial charge in [0.1, 0.15) is 0 Å². The number of hydrogen-bond donors (Lipinski definition) is 2. The number of aryl methyl sites for hydroxylation is 1. The number of nitro benzene ring substituents is 1. The molecule has 2 amide bonds. The van der Waals surface area contributed by atoms with Crippen LogP contribution in [0, 0.1) is 16.0 Å². The van der Waals surface area contributed by atoms with Crippen LogP contribution in [0.2, 0.25) is 0 Å². The number of carbonyl (C=O) groups excluding carboxylic acids is 2. The third-order valence-corrected chi connectivity index (χ3v) is 5.80. The van der Waals surface area contributed by atoms with Crippen LogP contribution in [-0.2, 0) is 12.8 Å². The molecule has 1 heterocycles. The first kappa shape index (κ1) is 19.8. The monoisotopic (exact) mass is 403 g/mol. The van der Waals surface area contributed by atoms with Gasteiger partial charge in [-0.15, -0.1) is 11.3 Å². The zero-order valence-electron chi connectivity index (χ0n) is 15.6. The Morgan fingerprint density at radius 1 is 1.29 bits per heavy atom. The van der Waals surface area contributed by atoms with Gasteiger partial charge in [0.2, 0.25) is 0 Å². The molecule has 0 aliphatic heterocycles. The molecule has 1 aromatic carbocycles. The number of hydrogen-bond acceptors (Lipinski definition) is 6. The number of benzene rings is 1. The van der Waals surface area contributed by atoms with Gasteiger partial charge in [0.25, 0.3) is 11.8 Å². The number of thiophene rings is 1. The Morgan fingerprint density at radius 2 is 2.04 bits per heavy atom. The lowest BCUT2D eigenvalue weighted by atomic mass is 9.90. The Bertz CT molecular complexity index is 924. The molecule has 2 aromatic rings. The van der Waals surface area contributed by atoms with Gasteiger partial charge in [-0.3, -0.25) is 30.6 Å². The van der Waals surface area contributed by atoms with Crippen molar-refractivity contribution < 1.29 is 19.2 Å². The quantitative estimate of drug-likeness (QED) is 0.588. The van der Waals surface area contributed by atoms with Crippen molar-refractivity contribution in [2.24, 2.45) is 5.92 Å². The number of ether oxygens (including phenoxy) is 1. The molecular weight excluding hydrogens is 382 g/mol. The number of rotatable bonds is 5. The largest absolute Gasteiger partial charge is 0.487 e. The summed E-state index contributed by atoms with van der Waals surface area (Å²) in [5.74, 6) is -0.352. The standard InChI is InChI=1S/C19H21N3O5S/c1-3-27-15-6-5-12(9-14(15)22(25)26)18(23)20-21-19(24)17-10-13-8-11(2)4-7-16(13)28-17/h5-6,9-11H,3-4,7-8H2,1-2H3,(H,20,23)(H,21,24)/t11-/m1/s1. The highest BCUT2D eigenvalue weighted by atomic mass is 32.1. The summed E-state index contributed by atoms with van der Waals surface area (Å²) in [4.78, 5) is 36.9. The molecular formula is C19H21N3O5S. The molecule has 1 aliphatic carbocycles. The summed E-state index contributed by atoms with van der Waals surface area (Å²) in [5.41, 5.74) is 5.63. The van der Waals surface area contributed by atoms with Crippen LogP contribution < -0.4 is 15.6 Å². The third-order valence-electron chi connectivity index (χ3n) is 4.56. The lowest BCUT2D eigenvalue weighted by Gasteiger charge is -2.16. The van der Waals surface area contributed by atoms with Crippen molar-refractivity contribution in [3.05, 3.63) is 55.3 Å². The fourth-order valence-electron chi connectivity index (χ4n) is 3.14. The predicted octanol–water partition coefficient (Wildman–Crippen LogP) is 3.25. The predicted molar refractivity (Wildman–Crippen MR) is 105 cm³/mol. The molecule has 3 rings (SSSR count). The number of hydrazine groups is 1. The van der Waals surface area contributed by atoms with Crippen LogP contribution in [0.1, 0.15) is 50.7 Å². The maximum atomic E-state index is 12.4. The van der Waals surface area contributed by atoms with E-state index in [-0.39, 0.29) is 23.6 Å². The summed E-state index contributed by atoms with van der Waals surface area (Å²) in [6.45, 7) is 4.17. The summed E-state index contributed by atoms with van der Waals surface area (Å²) in [5, 5.41) is 11.2. The van der Waals surface area contributed by atoms with Gasteiger partial charge in [0.15, 0.2) is 5.75 Å². The average Bonchev–Trinajstić information content (AvgIpc) is 3.09. The van der Waals surface area contributed by atoms with E-state index < -0.39 is 16.7 Å². The molecule has 0 spiro atoms. The normalized spacial score (nSPS) is 15.4. The van der Waals surface area contributed by atoms with Crippen LogP contribution in [0.4, 0.5) is 5.69 Å². The van der Waals surface area contributed by atoms with Crippen molar-refractivity contribution >= 4 is 28.8 Å². The lowest BCUT2D eigenvalue weighted by Crippen LogP contribution is -2.41. The molecule has 148 valence electrons. The van der Waals surface area contributed by atoms with Crippen LogP contribution in [0.25, 0.3) is 0 Å². The first-order valence-corrected chi connectivity index (χ1v) is 9.84. The van der Waals surface area contributed by atoms with E-state index in [1.165, 1.54) is 33.9 Å². The van der Waals surface area contributed by atoms with Crippen molar-refractivity contribution in [2.75, 3.05) is 6.61 Å². The second-order valence-corrected chi connectivity index (χ2v) is 7.82. The highest BCUT2D eigenvalue weighted by Crippen LogP contribution is 2.32. The first-order chi connectivity index (χ1) is 13.4. The van der Waals surface area contributed by atoms with E-state index in [0.29, 0.717) is 10.8 Å². The number of fused-ring (bicyclic) bond motifs is 1. The summed E-state index contributed by atoms with van der Waals surface area (Å²) < 4.78 is 5.19. The van der Waals surface area contributed by atoms with E-state index in [4.69, 9.17) is 4.74 Å². The Kier molecular flexibility index (Phi) is 5.93. The van der Waals surface area contributed by atoms with Crippen LogP contribution >= 0.6 is 11.3 Å². The lowest BCUT2D eigenvalue weighted by molar-refractivity contribution is -0.385. The topological polar surface area (TPSA) is 111 Å². The van der Waals surface area contributed by atoms with Gasteiger partial charge < -0.3 is 4.74 Å². The smallest absolute Gasteiger partial charge is 0.311 e. The molecule has 2 N–H and O–H groups in total. The molecule has 0 unspecified atom stereocenters. The fourth-order valence-corrected chi connectivity index (χ4v) is 4.25. The maximum absolute atomic E-state index is 12.4. The van der Waals surface area contributed by atoms with E-state index in [9.17, 15) is 19.7 Å². The van der Waals surface area contributed by atoms with Crippen LogP contribution in [-0.4, -0.2) is 23.3 Å². The minimum absolute atomic E-state index is 0.0507. The molecule has 8 nitrogen and oxygen atoms in total. The zero-order chi connectivity index (χ0) is 20.3. The summed E-state index contributed by atoms with van der Waals surface area (Å²) in [6, 6.07) is 5.77. The van der Waals surface area contributed by atoms with Gasteiger partial charge in [-0.1, -0.05) is 6.92 Å². The second kappa shape index (κ2) is 8.39. The van der Waals surface area contributed by atoms with Crippen molar-refractivity contribution in [1.82, 2.24) is 10.9 Å². The fraction of sp³-hybridized carbons (Fsp3) is 0.368. The van der Waals surface area contributed by atoms with E-state index in [1.807, 2.05) is 6.07 Å². The van der Waals surface area contributed by atoms with Crippen molar-refractivity contribution in [1.29, 1.82) is 0 Å². The van der Waals surface area contributed by atoms with E-state index in [2.05, 4.69) is 17.8 Å². The van der Waals surface area contributed by atoms with Crippen LogP contribution in [0.5, 0.6) is 5.75 Å². The number of carbonyl (C=O) groups is 2. The Hall–Kier alpha value is -2.94. The molecule has 0 saturated heterocycles. The SMILES string of the molecule is CCOc1ccc(C(=O)NNC(=O)c2cc3c(s2)CC[C@@H](C)C3)cc1[N+](=O)[O-].